The number of thiazole rings is 1. The number of rotatable bonds is 7. The van der Waals surface area contributed by atoms with Crippen LogP contribution in [-0.2, 0) is 0 Å². The fraction of sp³-hybridized carbons (Fsp3) is 0.0909. The van der Waals surface area contributed by atoms with Crippen molar-refractivity contribution in [1.29, 1.82) is 0 Å². The summed E-state index contributed by atoms with van der Waals surface area (Å²) in [4.78, 5) is 15.0. The van der Waals surface area contributed by atoms with Crippen molar-refractivity contribution in [3.05, 3.63) is 81.7 Å². The fourth-order valence-electron chi connectivity index (χ4n) is 3.08. The Morgan fingerprint density at radius 1 is 1.20 bits per heavy atom. The van der Waals surface area contributed by atoms with Gasteiger partial charge in [0.1, 0.15) is 5.75 Å². The van der Waals surface area contributed by atoms with Gasteiger partial charge in [-0.05, 0) is 23.8 Å². The van der Waals surface area contributed by atoms with Crippen molar-refractivity contribution in [2.45, 2.75) is 6.92 Å². The highest BCUT2D eigenvalue weighted by Crippen LogP contribution is 2.29. The van der Waals surface area contributed by atoms with Crippen LogP contribution in [0.4, 0.5) is 10.8 Å². The van der Waals surface area contributed by atoms with E-state index in [2.05, 4.69) is 15.5 Å². The molecule has 0 aliphatic heterocycles. The summed E-state index contributed by atoms with van der Waals surface area (Å²) < 4.78 is 5.75. The maximum atomic E-state index is 11.0. The van der Waals surface area contributed by atoms with Gasteiger partial charge in [0.2, 0.25) is 5.13 Å². The molecule has 0 fully saturated rings. The van der Waals surface area contributed by atoms with Gasteiger partial charge in [0, 0.05) is 28.6 Å². The van der Waals surface area contributed by atoms with Crippen LogP contribution in [0.2, 0.25) is 0 Å². The van der Waals surface area contributed by atoms with E-state index in [4.69, 9.17) is 4.74 Å². The summed E-state index contributed by atoms with van der Waals surface area (Å²) in [6.07, 6.45) is 1.72. The van der Waals surface area contributed by atoms with Crippen LogP contribution in [0, 0.1) is 10.1 Å². The zero-order valence-electron chi connectivity index (χ0n) is 16.1. The average molecular weight is 418 g/mol. The predicted molar refractivity (Wildman–Crippen MR) is 121 cm³/mol. The molecule has 7 nitrogen and oxygen atoms in total. The lowest BCUT2D eigenvalue weighted by Crippen LogP contribution is -1.98. The molecule has 0 unspecified atom stereocenters. The predicted octanol–water partition coefficient (Wildman–Crippen LogP) is 5.72. The molecule has 150 valence electrons. The van der Waals surface area contributed by atoms with E-state index in [1.807, 2.05) is 48.7 Å². The Bertz CT molecular complexity index is 1240. The first kappa shape index (κ1) is 19.5. The Labute approximate surface area is 176 Å². The number of fused-ring (bicyclic) bond motifs is 1. The lowest BCUT2D eigenvalue weighted by atomic mass is 10.0. The van der Waals surface area contributed by atoms with Crippen LogP contribution in [0.5, 0.6) is 5.75 Å². The van der Waals surface area contributed by atoms with Crippen molar-refractivity contribution < 1.29 is 9.66 Å². The number of nitro groups is 1. The quantitative estimate of drug-likeness (QED) is 0.236. The monoisotopic (exact) mass is 418 g/mol. The minimum absolute atomic E-state index is 0.0347. The summed E-state index contributed by atoms with van der Waals surface area (Å²) >= 11 is 1.37. The molecule has 4 rings (SSSR count). The van der Waals surface area contributed by atoms with Gasteiger partial charge in [-0.2, -0.15) is 5.10 Å². The number of aromatic nitrogens is 1. The molecule has 3 aromatic carbocycles. The molecule has 0 atom stereocenters. The van der Waals surface area contributed by atoms with Crippen molar-refractivity contribution in [3.63, 3.8) is 0 Å². The second-order valence-corrected chi connectivity index (χ2v) is 7.20. The molecule has 0 saturated carbocycles. The fourth-order valence-corrected chi connectivity index (χ4v) is 3.75. The van der Waals surface area contributed by atoms with E-state index in [-0.39, 0.29) is 5.69 Å². The number of nitrogens with one attached hydrogen (secondary N) is 1. The Morgan fingerprint density at radius 3 is 2.90 bits per heavy atom. The number of hydrogen-bond donors (Lipinski definition) is 1. The van der Waals surface area contributed by atoms with Gasteiger partial charge < -0.3 is 4.74 Å². The van der Waals surface area contributed by atoms with Gasteiger partial charge in [0.15, 0.2) is 0 Å². The van der Waals surface area contributed by atoms with Gasteiger partial charge in [0.25, 0.3) is 5.69 Å². The number of ether oxygens (including phenoxy) is 1. The number of non-ortho nitro benzene ring substituents is 1. The first-order valence-electron chi connectivity index (χ1n) is 9.29. The van der Waals surface area contributed by atoms with Crippen LogP contribution in [0.1, 0.15) is 12.5 Å². The first-order valence-corrected chi connectivity index (χ1v) is 10.2. The van der Waals surface area contributed by atoms with Crippen molar-refractivity contribution in [2.24, 2.45) is 5.10 Å². The second-order valence-electron chi connectivity index (χ2n) is 6.35. The van der Waals surface area contributed by atoms with E-state index in [0.717, 1.165) is 22.1 Å². The largest absolute Gasteiger partial charge is 0.493 e. The van der Waals surface area contributed by atoms with Gasteiger partial charge in [-0.3, -0.25) is 15.5 Å². The number of nitro benzene ring substituents is 1. The minimum Gasteiger partial charge on any atom is -0.493 e. The molecule has 4 aromatic rings. The third-order valence-corrected chi connectivity index (χ3v) is 5.19. The van der Waals surface area contributed by atoms with Crippen LogP contribution in [-0.4, -0.2) is 22.7 Å². The zero-order valence-corrected chi connectivity index (χ0v) is 16.9. The molecule has 0 saturated heterocycles. The number of hydrazone groups is 1. The summed E-state index contributed by atoms with van der Waals surface area (Å²) in [5.74, 6) is 0.762. The van der Waals surface area contributed by atoms with Crippen LogP contribution in [0.15, 0.2) is 71.1 Å². The van der Waals surface area contributed by atoms with Gasteiger partial charge in [-0.25, -0.2) is 4.98 Å². The highest BCUT2D eigenvalue weighted by molar-refractivity contribution is 7.14. The van der Waals surface area contributed by atoms with E-state index >= 15 is 0 Å². The standard InChI is InChI=1S/C22H18N4O3S/c1-2-29-21-11-10-15-6-3-4-9-18(15)19(21)13-23-25-22-24-20(14-30-22)16-7-5-8-17(12-16)26(27)28/h3-14H,2H2,1H3,(H,24,25)/b23-13+. The number of hydrogen-bond acceptors (Lipinski definition) is 7. The molecule has 0 amide bonds. The molecular weight excluding hydrogens is 400 g/mol. The van der Waals surface area contributed by atoms with E-state index < -0.39 is 4.92 Å². The molecule has 0 radical (unpaired) electrons. The summed E-state index contributed by atoms with van der Waals surface area (Å²) in [6.45, 7) is 2.51. The van der Waals surface area contributed by atoms with E-state index in [1.54, 1.807) is 18.3 Å². The van der Waals surface area contributed by atoms with Gasteiger partial charge in [-0.15, -0.1) is 11.3 Å². The highest BCUT2D eigenvalue weighted by atomic mass is 32.1. The van der Waals surface area contributed by atoms with E-state index in [9.17, 15) is 10.1 Å². The molecule has 0 aliphatic rings. The SMILES string of the molecule is CCOc1ccc2ccccc2c1/C=N/Nc1nc(-c2cccc([N+](=O)[O-])c2)cs1. The highest BCUT2D eigenvalue weighted by Gasteiger charge is 2.10. The molecule has 1 heterocycles. The summed E-state index contributed by atoms with van der Waals surface area (Å²) in [5, 5.41) is 19.9. The van der Waals surface area contributed by atoms with E-state index in [0.29, 0.717) is 23.0 Å². The topological polar surface area (TPSA) is 89.7 Å². The molecule has 8 heteroatoms. The lowest BCUT2D eigenvalue weighted by molar-refractivity contribution is -0.384. The molecule has 0 spiro atoms. The third kappa shape index (κ3) is 4.13. The molecule has 0 aliphatic carbocycles. The smallest absolute Gasteiger partial charge is 0.270 e. The van der Waals surface area contributed by atoms with Crippen LogP contribution >= 0.6 is 11.3 Å². The maximum absolute atomic E-state index is 11.0. The minimum atomic E-state index is -0.417. The Balaban J connectivity index is 1.57. The number of anilines is 1. The second kappa shape index (κ2) is 8.71. The van der Waals surface area contributed by atoms with Crippen LogP contribution < -0.4 is 10.2 Å². The average Bonchev–Trinajstić information content (AvgIpc) is 3.24. The molecular formula is C22H18N4O3S. The van der Waals surface area contributed by atoms with Crippen molar-refractivity contribution in [3.8, 4) is 17.0 Å². The zero-order chi connectivity index (χ0) is 20.9. The summed E-state index contributed by atoms with van der Waals surface area (Å²) in [5.41, 5.74) is 5.20. The normalized spacial score (nSPS) is 11.1. The van der Waals surface area contributed by atoms with Crippen LogP contribution in [0.3, 0.4) is 0 Å². The maximum Gasteiger partial charge on any atom is 0.270 e. The Morgan fingerprint density at radius 2 is 2.07 bits per heavy atom. The first-order chi connectivity index (χ1) is 14.7. The van der Waals surface area contributed by atoms with Gasteiger partial charge in [-0.1, -0.05) is 42.5 Å². The number of nitrogens with zero attached hydrogens (tertiary/aromatic N) is 3. The third-order valence-electron chi connectivity index (χ3n) is 4.44. The van der Waals surface area contributed by atoms with Crippen molar-refractivity contribution in [1.82, 2.24) is 4.98 Å². The summed E-state index contributed by atoms with van der Waals surface area (Å²) in [6, 6.07) is 18.4. The lowest BCUT2D eigenvalue weighted by Gasteiger charge is -2.10. The van der Waals surface area contributed by atoms with Crippen molar-refractivity contribution in [2.75, 3.05) is 12.0 Å². The van der Waals surface area contributed by atoms with Gasteiger partial charge in [0.05, 0.1) is 23.4 Å². The Kier molecular flexibility index (Phi) is 5.67. The molecule has 30 heavy (non-hydrogen) atoms. The van der Waals surface area contributed by atoms with E-state index in [1.165, 1.54) is 23.5 Å². The van der Waals surface area contributed by atoms with Crippen LogP contribution in [0.25, 0.3) is 22.0 Å². The molecule has 0 bridgehead atoms. The molecule has 1 N–H and O–H groups in total. The van der Waals surface area contributed by atoms with Gasteiger partial charge >= 0.3 is 0 Å². The van der Waals surface area contributed by atoms with Crippen molar-refractivity contribution >= 4 is 39.1 Å². The summed E-state index contributed by atoms with van der Waals surface area (Å²) in [7, 11) is 0. The molecule has 1 aromatic heterocycles. The number of benzene rings is 3. The Hall–Kier alpha value is -3.78.